The van der Waals surface area contributed by atoms with Crippen molar-refractivity contribution in [1.29, 1.82) is 0 Å². The van der Waals surface area contributed by atoms with E-state index in [4.69, 9.17) is 0 Å². The molecule has 0 aliphatic heterocycles. The summed E-state index contributed by atoms with van der Waals surface area (Å²) in [4.78, 5) is 0. The van der Waals surface area contributed by atoms with Crippen LogP contribution in [0.1, 0.15) is 20.3 Å². The second-order valence-electron chi connectivity index (χ2n) is 3.17. The lowest BCUT2D eigenvalue weighted by Crippen LogP contribution is -2.36. The summed E-state index contributed by atoms with van der Waals surface area (Å²) in [5, 5.41) is 0. The van der Waals surface area contributed by atoms with Crippen LogP contribution < -0.4 is 0 Å². The molecular weight excluding hydrogens is 186 g/mol. The van der Waals surface area contributed by atoms with Crippen LogP contribution in [0.4, 0.5) is 26.3 Å². The molecule has 0 N–H and O–H groups in total. The lowest BCUT2D eigenvalue weighted by Gasteiger charge is -2.28. The van der Waals surface area contributed by atoms with Gasteiger partial charge in [-0.25, -0.2) is 0 Å². The van der Waals surface area contributed by atoms with E-state index in [-0.39, 0.29) is 0 Å². The SMILES string of the molecule is CC(C)(CC(F)(F)F)C(F)(F)F. The highest BCUT2D eigenvalue weighted by molar-refractivity contribution is 4.79. The predicted molar refractivity (Wildman–Crippen MR) is 30.5 cm³/mol. The van der Waals surface area contributed by atoms with Gasteiger partial charge in [0.1, 0.15) is 0 Å². The quantitative estimate of drug-likeness (QED) is 0.560. The average Bonchev–Trinajstić information content (AvgIpc) is 1.52. The van der Waals surface area contributed by atoms with E-state index in [2.05, 4.69) is 0 Å². The molecule has 0 bridgehead atoms. The maximum absolute atomic E-state index is 11.9. The molecule has 0 aromatic heterocycles. The minimum atomic E-state index is -4.82. The molecule has 0 radical (unpaired) electrons. The Morgan fingerprint density at radius 2 is 1.17 bits per heavy atom. The van der Waals surface area contributed by atoms with E-state index < -0.39 is 24.2 Å². The third-order valence-electron chi connectivity index (χ3n) is 1.41. The topological polar surface area (TPSA) is 0 Å². The maximum atomic E-state index is 11.9. The van der Waals surface area contributed by atoms with E-state index in [0.29, 0.717) is 13.8 Å². The zero-order valence-electron chi connectivity index (χ0n) is 6.47. The minimum Gasteiger partial charge on any atom is -0.171 e. The predicted octanol–water partition coefficient (Wildman–Crippen LogP) is 3.53. The summed E-state index contributed by atoms with van der Waals surface area (Å²) in [6.45, 7) is 1.06. The molecule has 0 nitrogen and oxygen atoms in total. The number of alkyl halides is 6. The van der Waals surface area contributed by atoms with Gasteiger partial charge in [-0.15, -0.1) is 0 Å². The summed E-state index contributed by atoms with van der Waals surface area (Å²) >= 11 is 0. The van der Waals surface area contributed by atoms with Crippen molar-refractivity contribution in [2.45, 2.75) is 32.6 Å². The molecule has 0 aliphatic carbocycles. The van der Waals surface area contributed by atoms with Crippen LogP contribution in [0.3, 0.4) is 0 Å². The van der Waals surface area contributed by atoms with Crippen LogP contribution in [0.15, 0.2) is 0 Å². The second kappa shape index (κ2) is 2.81. The minimum absolute atomic E-state index is 0.528. The normalized spacial score (nSPS) is 15.0. The summed E-state index contributed by atoms with van der Waals surface area (Å²) in [6, 6.07) is 0. The maximum Gasteiger partial charge on any atom is 0.394 e. The third kappa shape index (κ3) is 3.32. The highest BCUT2D eigenvalue weighted by atomic mass is 19.4. The van der Waals surface area contributed by atoms with Gasteiger partial charge in [0.25, 0.3) is 0 Å². The first-order valence-corrected chi connectivity index (χ1v) is 3.09. The Bertz CT molecular complexity index is 150. The molecule has 12 heavy (non-hydrogen) atoms. The van der Waals surface area contributed by atoms with Gasteiger partial charge < -0.3 is 0 Å². The van der Waals surface area contributed by atoms with E-state index in [1.165, 1.54) is 0 Å². The standard InChI is InChI=1S/C6H8F6/c1-4(2,6(10,11)12)3-5(7,8)9/h3H2,1-2H3. The monoisotopic (exact) mass is 194 g/mol. The zero-order chi connectivity index (χ0) is 10.2. The van der Waals surface area contributed by atoms with E-state index in [9.17, 15) is 26.3 Å². The summed E-state index contributed by atoms with van der Waals surface area (Å²) < 4.78 is 70.3. The lowest BCUT2D eigenvalue weighted by molar-refractivity contribution is -0.252. The Labute approximate surface area is 65.6 Å². The van der Waals surface area contributed by atoms with Crippen molar-refractivity contribution in [1.82, 2.24) is 0 Å². The first-order chi connectivity index (χ1) is 4.96. The molecular formula is C6H8F6. The molecule has 0 spiro atoms. The van der Waals surface area contributed by atoms with Gasteiger partial charge in [-0.2, -0.15) is 26.3 Å². The zero-order valence-corrected chi connectivity index (χ0v) is 6.47. The Balaban J connectivity index is 4.44. The molecule has 74 valence electrons. The van der Waals surface area contributed by atoms with E-state index in [1.807, 2.05) is 0 Å². The van der Waals surface area contributed by atoms with Gasteiger partial charge in [-0.3, -0.25) is 0 Å². The van der Waals surface area contributed by atoms with Crippen molar-refractivity contribution in [2.24, 2.45) is 5.41 Å². The van der Waals surface area contributed by atoms with Crippen LogP contribution in [-0.4, -0.2) is 12.4 Å². The van der Waals surface area contributed by atoms with Gasteiger partial charge >= 0.3 is 12.4 Å². The Morgan fingerprint density at radius 3 is 1.25 bits per heavy atom. The summed E-state index contributed by atoms with van der Waals surface area (Å²) in [5.74, 6) is 0. The average molecular weight is 194 g/mol. The lowest BCUT2D eigenvalue weighted by atomic mass is 9.88. The first kappa shape index (κ1) is 11.6. The second-order valence-corrected chi connectivity index (χ2v) is 3.17. The molecule has 0 aromatic rings. The molecule has 0 saturated carbocycles. The van der Waals surface area contributed by atoms with Gasteiger partial charge in [-0.1, -0.05) is 13.8 Å². The van der Waals surface area contributed by atoms with Gasteiger partial charge in [0.15, 0.2) is 0 Å². The van der Waals surface area contributed by atoms with Crippen molar-refractivity contribution in [3.05, 3.63) is 0 Å². The number of hydrogen-bond acceptors (Lipinski definition) is 0. The Hall–Kier alpha value is -0.420. The first-order valence-electron chi connectivity index (χ1n) is 3.09. The van der Waals surface area contributed by atoms with Gasteiger partial charge in [0.05, 0.1) is 11.8 Å². The van der Waals surface area contributed by atoms with Crippen LogP contribution >= 0.6 is 0 Å². The van der Waals surface area contributed by atoms with Gasteiger partial charge in [-0.05, 0) is 0 Å². The number of halogens is 6. The van der Waals surface area contributed by atoms with Crippen molar-refractivity contribution >= 4 is 0 Å². The molecule has 0 fully saturated rings. The van der Waals surface area contributed by atoms with Crippen molar-refractivity contribution in [3.8, 4) is 0 Å². The van der Waals surface area contributed by atoms with Crippen molar-refractivity contribution in [3.63, 3.8) is 0 Å². The fraction of sp³-hybridized carbons (Fsp3) is 1.00. The van der Waals surface area contributed by atoms with E-state index in [0.717, 1.165) is 0 Å². The molecule has 0 aromatic carbocycles. The summed E-state index contributed by atoms with van der Waals surface area (Å²) in [7, 11) is 0. The molecule has 0 aliphatic rings. The summed E-state index contributed by atoms with van der Waals surface area (Å²) in [6.07, 6.45) is -11.4. The highest BCUT2D eigenvalue weighted by Crippen LogP contribution is 2.44. The molecule has 6 heteroatoms. The molecule has 0 rings (SSSR count). The van der Waals surface area contributed by atoms with Gasteiger partial charge in [0, 0.05) is 0 Å². The van der Waals surface area contributed by atoms with Crippen LogP contribution in [0, 0.1) is 5.41 Å². The van der Waals surface area contributed by atoms with Crippen molar-refractivity contribution in [2.75, 3.05) is 0 Å². The molecule has 0 saturated heterocycles. The Morgan fingerprint density at radius 1 is 0.833 bits per heavy atom. The van der Waals surface area contributed by atoms with Crippen LogP contribution in [0.25, 0.3) is 0 Å². The van der Waals surface area contributed by atoms with Crippen LogP contribution in [-0.2, 0) is 0 Å². The van der Waals surface area contributed by atoms with Gasteiger partial charge in [0.2, 0.25) is 0 Å². The molecule has 0 unspecified atom stereocenters. The fourth-order valence-electron chi connectivity index (χ4n) is 0.601. The highest BCUT2D eigenvalue weighted by Gasteiger charge is 2.52. The van der Waals surface area contributed by atoms with E-state index in [1.54, 1.807) is 0 Å². The molecule has 0 heterocycles. The van der Waals surface area contributed by atoms with Crippen LogP contribution in [0.5, 0.6) is 0 Å². The molecule has 0 amide bonds. The van der Waals surface area contributed by atoms with E-state index >= 15 is 0 Å². The number of hydrogen-bond donors (Lipinski definition) is 0. The summed E-state index contributed by atoms with van der Waals surface area (Å²) in [5.41, 5.74) is -2.70. The molecule has 0 atom stereocenters. The van der Waals surface area contributed by atoms with Crippen LogP contribution in [0.2, 0.25) is 0 Å². The fourth-order valence-corrected chi connectivity index (χ4v) is 0.601. The largest absolute Gasteiger partial charge is 0.394 e. The smallest absolute Gasteiger partial charge is 0.171 e. The number of rotatable bonds is 1. The third-order valence-corrected chi connectivity index (χ3v) is 1.41. The Kier molecular flexibility index (Phi) is 2.71. The van der Waals surface area contributed by atoms with Crippen molar-refractivity contribution < 1.29 is 26.3 Å².